The fourth-order valence-corrected chi connectivity index (χ4v) is 2.50. The Labute approximate surface area is 139 Å². The Hall–Kier alpha value is -1.59. The zero-order valence-corrected chi connectivity index (χ0v) is 14.4. The lowest BCUT2D eigenvalue weighted by Crippen LogP contribution is -2.32. The van der Waals surface area contributed by atoms with Crippen LogP contribution in [0.4, 0.5) is 0 Å². The number of methoxy groups -OCH3 is 1. The molecule has 0 aliphatic heterocycles. The molecule has 1 aromatic rings. The van der Waals surface area contributed by atoms with Gasteiger partial charge >= 0.3 is 0 Å². The maximum atomic E-state index is 11.8. The number of hydrogen-bond acceptors (Lipinski definition) is 4. The highest BCUT2D eigenvalue weighted by atomic mass is 16.5. The van der Waals surface area contributed by atoms with Crippen LogP contribution in [0.15, 0.2) is 18.2 Å². The van der Waals surface area contributed by atoms with Crippen LogP contribution in [0.5, 0.6) is 5.75 Å². The molecule has 0 radical (unpaired) electrons. The summed E-state index contributed by atoms with van der Waals surface area (Å²) in [6, 6.07) is 5.86. The largest absolute Gasteiger partial charge is 0.496 e. The maximum absolute atomic E-state index is 11.8. The summed E-state index contributed by atoms with van der Waals surface area (Å²) in [5.41, 5.74) is 13.2. The second-order valence-electron chi connectivity index (χ2n) is 5.96. The zero-order valence-electron chi connectivity index (χ0n) is 14.4. The number of amides is 1. The van der Waals surface area contributed by atoms with Crippen molar-refractivity contribution in [3.05, 3.63) is 29.3 Å². The van der Waals surface area contributed by atoms with E-state index in [1.54, 1.807) is 7.11 Å². The average Bonchev–Trinajstić information content (AvgIpc) is 2.53. The summed E-state index contributed by atoms with van der Waals surface area (Å²) < 4.78 is 5.37. The monoisotopic (exact) mass is 321 g/mol. The standard InChI is InChI=1S/C18H31N3O2/c1-3-4-5-6-7-8-18(22)21-13-14-9-10-15(12-17(19)20)16(11-14)23-2/h9-11,17H,3-8,12-13,19-20H2,1-2H3,(H,21,22). The van der Waals surface area contributed by atoms with Gasteiger partial charge in [0.05, 0.1) is 13.3 Å². The van der Waals surface area contributed by atoms with Gasteiger partial charge in [-0.2, -0.15) is 0 Å². The lowest BCUT2D eigenvalue weighted by Gasteiger charge is -2.13. The van der Waals surface area contributed by atoms with Crippen LogP contribution in [0.25, 0.3) is 0 Å². The van der Waals surface area contributed by atoms with Crippen molar-refractivity contribution in [2.24, 2.45) is 11.5 Å². The summed E-state index contributed by atoms with van der Waals surface area (Å²) in [6.07, 6.45) is 6.53. The molecule has 5 N–H and O–H groups in total. The number of unbranched alkanes of at least 4 members (excludes halogenated alkanes) is 4. The highest BCUT2D eigenvalue weighted by Crippen LogP contribution is 2.21. The third-order valence-electron chi connectivity index (χ3n) is 3.80. The van der Waals surface area contributed by atoms with Crippen molar-refractivity contribution < 1.29 is 9.53 Å². The first-order chi connectivity index (χ1) is 11.1. The van der Waals surface area contributed by atoms with Crippen LogP contribution in [-0.2, 0) is 17.8 Å². The molecule has 1 aromatic carbocycles. The molecule has 0 heterocycles. The van der Waals surface area contributed by atoms with Crippen molar-refractivity contribution >= 4 is 5.91 Å². The lowest BCUT2D eigenvalue weighted by atomic mass is 10.1. The number of hydrogen-bond donors (Lipinski definition) is 3. The molecule has 1 amide bonds. The van der Waals surface area contributed by atoms with E-state index in [-0.39, 0.29) is 5.91 Å². The summed E-state index contributed by atoms with van der Waals surface area (Å²) in [5, 5.41) is 2.96. The minimum Gasteiger partial charge on any atom is -0.496 e. The molecule has 5 nitrogen and oxygen atoms in total. The zero-order chi connectivity index (χ0) is 17.1. The molecule has 0 unspecified atom stereocenters. The van der Waals surface area contributed by atoms with Gasteiger partial charge in [0.25, 0.3) is 0 Å². The fourth-order valence-electron chi connectivity index (χ4n) is 2.50. The predicted octanol–water partition coefficient (Wildman–Crippen LogP) is 2.46. The van der Waals surface area contributed by atoms with E-state index in [4.69, 9.17) is 16.2 Å². The van der Waals surface area contributed by atoms with Crippen LogP contribution in [-0.4, -0.2) is 19.2 Å². The smallest absolute Gasteiger partial charge is 0.220 e. The molecule has 0 aliphatic carbocycles. The van der Waals surface area contributed by atoms with E-state index in [0.717, 1.165) is 29.7 Å². The van der Waals surface area contributed by atoms with Gasteiger partial charge in [-0.25, -0.2) is 0 Å². The number of nitrogens with two attached hydrogens (primary N) is 2. The van der Waals surface area contributed by atoms with Gasteiger partial charge in [0, 0.05) is 19.4 Å². The van der Waals surface area contributed by atoms with Crippen LogP contribution in [0.3, 0.4) is 0 Å². The molecule has 0 aliphatic rings. The highest BCUT2D eigenvalue weighted by molar-refractivity contribution is 5.75. The Morgan fingerprint density at radius 1 is 1.22 bits per heavy atom. The van der Waals surface area contributed by atoms with Crippen LogP contribution >= 0.6 is 0 Å². The van der Waals surface area contributed by atoms with Crippen LogP contribution in [0.2, 0.25) is 0 Å². The molecule has 0 spiro atoms. The molecule has 0 atom stereocenters. The van der Waals surface area contributed by atoms with Crippen LogP contribution < -0.4 is 21.5 Å². The number of rotatable bonds is 11. The Kier molecular flexibility index (Phi) is 9.33. The quantitative estimate of drug-likeness (QED) is 0.431. The first-order valence-corrected chi connectivity index (χ1v) is 8.50. The SMILES string of the molecule is CCCCCCCC(=O)NCc1ccc(CC(N)N)c(OC)c1. The Morgan fingerprint density at radius 3 is 2.61 bits per heavy atom. The van der Waals surface area contributed by atoms with Gasteiger partial charge in [0.1, 0.15) is 5.75 Å². The van der Waals surface area contributed by atoms with Gasteiger partial charge in [0.15, 0.2) is 0 Å². The van der Waals surface area contributed by atoms with Crippen molar-refractivity contribution in [3.8, 4) is 5.75 Å². The Morgan fingerprint density at radius 2 is 1.96 bits per heavy atom. The second-order valence-corrected chi connectivity index (χ2v) is 5.96. The predicted molar refractivity (Wildman–Crippen MR) is 94.1 cm³/mol. The fraction of sp³-hybridized carbons (Fsp3) is 0.611. The van der Waals surface area contributed by atoms with Crippen molar-refractivity contribution in [3.63, 3.8) is 0 Å². The summed E-state index contributed by atoms with van der Waals surface area (Å²) in [4.78, 5) is 11.8. The molecule has 1 rings (SSSR count). The third-order valence-corrected chi connectivity index (χ3v) is 3.80. The van der Waals surface area contributed by atoms with Gasteiger partial charge in [-0.15, -0.1) is 0 Å². The molecule has 5 heteroatoms. The summed E-state index contributed by atoms with van der Waals surface area (Å²) >= 11 is 0. The molecular weight excluding hydrogens is 290 g/mol. The average molecular weight is 321 g/mol. The van der Waals surface area contributed by atoms with Gasteiger partial charge < -0.3 is 21.5 Å². The highest BCUT2D eigenvalue weighted by Gasteiger charge is 2.08. The number of carbonyl (C=O) groups excluding carboxylic acids is 1. The second kappa shape index (κ2) is 11.0. The molecule has 0 saturated heterocycles. The van der Waals surface area contributed by atoms with Crippen molar-refractivity contribution in [2.75, 3.05) is 7.11 Å². The third kappa shape index (κ3) is 8.00. The van der Waals surface area contributed by atoms with Gasteiger partial charge in [-0.3, -0.25) is 4.79 Å². The van der Waals surface area contributed by atoms with Crippen LogP contribution in [0.1, 0.15) is 56.6 Å². The maximum Gasteiger partial charge on any atom is 0.220 e. The number of carbonyl (C=O) groups is 1. The molecule has 0 saturated carbocycles. The van der Waals surface area contributed by atoms with E-state index in [0.29, 0.717) is 19.4 Å². The van der Waals surface area contributed by atoms with E-state index < -0.39 is 6.17 Å². The summed E-state index contributed by atoms with van der Waals surface area (Å²) in [7, 11) is 1.62. The minimum atomic E-state index is -0.401. The van der Waals surface area contributed by atoms with Gasteiger partial charge in [-0.1, -0.05) is 44.7 Å². The number of ether oxygens (including phenoxy) is 1. The van der Waals surface area contributed by atoms with Gasteiger partial charge in [0.2, 0.25) is 5.91 Å². The Balaban J connectivity index is 2.40. The van der Waals surface area contributed by atoms with Crippen molar-refractivity contribution in [1.29, 1.82) is 0 Å². The van der Waals surface area contributed by atoms with E-state index in [1.807, 2.05) is 18.2 Å². The molecule has 0 aromatic heterocycles. The minimum absolute atomic E-state index is 0.105. The van der Waals surface area contributed by atoms with E-state index in [2.05, 4.69) is 12.2 Å². The van der Waals surface area contributed by atoms with Gasteiger partial charge in [-0.05, 0) is 23.6 Å². The Bertz CT molecular complexity index is 475. The van der Waals surface area contributed by atoms with Crippen molar-refractivity contribution in [1.82, 2.24) is 5.32 Å². The van der Waals surface area contributed by atoms with Crippen molar-refractivity contribution in [2.45, 2.75) is 64.6 Å². The van der Waals surface area contributed by atoms with E-state index in [9.17, 15) is 4.79 Å². The summed E-state index contributed by atoms with van der Waals surface area (Å²) in [5.74, 6) is 0.866. The molecule has 130 valence electrons. The number of nitrogens with one attached hydrogen (secondary N) is 1. The van der Waals surface area contributed by atoms with Crippen LogP contribution in [0, 0.1) is 0 Å². The normalized spacial score (nSPS) is 10.8. The van der Waals surface area contributed by atoms with E-state index >= 15 is 0 Å². The molecule has 0 bridgehead atoms. The summed E-state index contributed by atoms with van der Waals surface area (Å²) in [6.45, 7) is 2.70. The lowest BCUT2D eigenvalue weighted by molar-refractivity contribution is -0.121. The topological polar surface area (TPSA) is 90.4 Å². The first kappa shape index (κ1) is 19.5. The molecule has 23 heavy (non-hydrogen) atoms. The first-order valence-electron chi connectivity index (χ1n) is 8.50. The number of benzene rings is 1. The molecule has 0 fully saturated rings. The van der Waals surface area contributed by atoms with E-state index in [1.165, 1.54) is 19.3 Å². The molecular formula is C18H31N3O2.